The third-order valence-electron chi connectivity index (χ3n) is 3.70. The van der Waals surface area contributed by atoms with E-state index in [0.29, 0.717) is 11.1 Å². The molecule has 0 heterocycles. The van der Waals surface area contributed by atoms with Crippen LogP contribution in [0.3, 0.4) is 0 Å². The van der Waals surface area contributed by atoms with Crippen LogP contribution in [-0.2, 0) is 9.63 Å². The Kier molecular flexibility index (Phi) is 6.18. The molecule has 0 fully saturated rings. The molecule has 0 aromatic heterocycles. The molecule has 0 radical (unpaired) electrons. The Morgan fingerprint density at radius 2 is 1.33 bits per heavy atom. The van der Waals surface area contributed by atoms with E-state index in [4.69, 9.17) is 4.84 Å². The SMILES string of the molecule is Cc1ccc(SC(=O)C(=NOC(=O)c2ccccc2)c2ccccc2)cc1. The number of oxime groups is 1. The summed E-state index contributed by atoms with van der Waals surface area (Å²) in [6.45, 7) is 1.98. The molecule has 3 rings (SSSR count). The lowest BCUT2D eigenvalue weighted by Gasteiger charge is -2.06. The van der Waals surface area contributed by atoms with Crippen LogP contribution in [0.25, 0.3) is 0 Å². The number of carbonyl (C=O) groups excluding carboxylic acids is 2. The van der Waals surface area contributed by atoms with Gasteiger partial charge in [-0.2, -0.15) is 0 Å². The minimum atomic E-state index is -0.614. The van der Waals surface area contributed by atoms with Gasteiger partial charge in [0.25, 0.3) is 0 Å². The fourth-order valence-electron chi connectivity index (χ4n) is 2.28. The molecule has 0 saturated heterocycles. The van der Waals surface area contributed by atoms with E-state index in [2.05, 4.69) is 5.16 Å². The van der Waals surface area contributed by atoms with Gasteiger partial charge in [0.15, 0.2) is 5.71 Å². The quantitative estimate of drug-likeness (QED) is 0.276. The van der Waals surface area contributed by atoms with Crippen molar-refractivity contribution < 1.29 is 14.4 Å². The Hall–Kier alpha value is -3.18. The van der Waals surface area contributed by atoms with Crippen molar-refractivity contribution in [2.45, 2.75) is 11.8 Å². The summed E-state index contributed by atoms with van der Waals surface area (Å²) in [7, 11) is 0. The molecule has 0 N–H and O–H groups in total. The highest BCUT2D eigenvalue weighted by atomic mass is 32.2. The molecule has 4 nitrogen and oxygen atoms in total. The molecular formula is C22H17NO3S. The zero-order valence-corrected chi connectivity index (χ0v) is 15.5. The third kappa shape index (κ3) is 5.15. The lowest BCUT2D eigenvalue weighted by atomic mass is 10.1. The van der Waals surface area contributed by atoms with Crippen LogP contribution in [0.5, 0.6) is 0 Å². The van der Waals surface area contributed by atoms with Gasteiger partial charge in [-0.1, -0.05) is 71.4 Å². The monoisotopic (exact) mass is 375 g/mol. The first-order chi connectivity index (χ1) is 13.1. The van der Waals surface area contributed by atoms with E-state index in [1.807, 2.05) is 37.3 Å². The number of benzene rings is 3. The van der Waals surface area contributed by atoms with Crippen molar-refractivity contribution in [2.75, 3.05) is 0 Å². The minimum Gasteiger partial charge on any atom is -0.312 e. The topological polar surface area (TPSA) is 55.7 Å². The molecule has 134 valence electrons. The van der Waals surface area contributed by atoms with Crippen LogP contribution >= 0.6 is 11.8 Å². The van der Waals surface area contributed by atoms with Crippen LogP contribution in [0.1, 0.15) is 21.5 Å². The van der Waals surface area contributed by atoms with Crippen molar-refractivity contribution in [1.29, 1.82) is 0 Å². The molecule has 0 bridgehead atoms. The number of hydrogen-bond acceptors (Lipinski definition) is 5. The second kappa shape index (κ2) is 8.96. The second-order valence-corrected chi connectivity index (χ2v) is 6.80. The summed E-state index contributed by atoms with van der Waals surface area (Å²) in [6.07, 6.45) is 0. The van der Waals surface area contributed by atoms with Crippen LogP contribution in [0.15, 0.2) is 95.0 Å². The molecular weight excluding hydrogens is 358 g/mol. The summed E-state index contributed by atoms with van der Waals surface area (Å²) in [5.74, 6) is -0.614. The number of rotatable bonds is 5. The summed E-state index contributed by atoms with van der Waals surface area (Å²) in [4.78, 5) is 30.8. The molecule has 0 amide bonds. The van der Waals surface area contributed by atoms with Gasteiger partial charge in [-0.25, -0.2) is 4.79 Å². The van der Waals surface area contributed by atoms with E-state index in [0.717, 1.165) is 22.2 Å². The maximum absolute atomic E-state index is 12.8. The standard InChI is InChI=1S/C22H17NO3S/c1-16-12-14-19(15-13-16)27-22(25)20(17-8-4-2-5-9-17)23-26-21(24)18-10-6-3-7-11-18/h2-15H,1H3. The lowest BCUT2D eigenvalue weighted by Crippen LogP contribution is -2.14. The summed E-state index contributed by atoms with van der Waals surface area (Å²) >= 11 is 1.04. The zero-order valence-electron chi connectivity index (χ0n) is 14.7. The maximum atomic E-state index is 12.8. The molecule has 0 saturated carbocycles. The van der Waals surface area contributed by atoms with Crippen LogP contribution < -0.4 is 0 Å². The predicted octanol–water partition coefficient (Wildman–Crippen LogP) is 4.88. The van der Waals surface area contributed by atoms with E-state index >= 15 is 0 Å². The fourth-order valence-corrected chi connectivity index (χ4v) is 3.02. The van der Waals surface area contributed by atoms with Gasteiger partial charge >= 0.3 is 5.97 Å². The zero-order chi connectivity index (χ0) is 19.1. The Labute approximate surface area is 161 Å². The van der Waals surface area contributed by atoms with Gasteiger partial charge in [0, 0.05) is 10.5 Å². The summed E-state index contributed by atoms with van der Waals surface area (Å²) in [5, 5.41) is 3.58. The number of aryl methyl sites for hydroxylation is 1. The van der Waals surface area contributed by atoms with Crippen LogP contribution in [0, 0.1) is 6.92 Å². The fraction of sp³-hybridized carbons (Fsp3) is 0.0455. The Bertz CT molecular complexity index is 952. The van der Waals surface area contributed by atoms with Gasteiger partial charge < -0.3 is 4.84 Å². The highest BCUT2D eigenvalue weighted by Crippen LogP contribution is 2.22. The average molecular weight is 375 g/mol. The molecule has 0 unspecified atom stereocenters. The summed E-state index contributed by atoms with van der Waals surface area (Å²) < 4.78 is 0. The highest BCUT2D eigenvalue weighted by molar-refractivity contribution is 8.15. The number of thioether (sulfide) groups is 1. The maximum Gasteiger partial charge on any atom is 0.365 e. The van der Waals surface area contributed by atoms with Crippen molar-refractivity contribution in [1.82, 2.24) is 0 Å². The molecule has 5 heteroatoms. The van der Waals surface area contributed by atoms with Gasteiger partial charge in [0.2, 0.25) is 5.12 Å². The third-order valence-corrected chi connectivity index (χ3v) is 4.59. The molecule has 0 spiro atoms. The Morgan fingerprint density at radius 1 is 0.778 bits per heavy atom. The highest BCUT2D eigenvalue weighted by Gasteiger charge is 2.18. The van der Waals surface area contributed by atoms with Gasteiger partial charge in [-0.05, 0) is 43.0 Å². The lowest BCUT2D eigenvalue weighted by molar-refractivity contribution is -0.105. The van der Waals surface area contributed by atoms with Crippen LogP contribution in [-0.4, -0.2) is 16.8 Å². The number of nitrogens with zero attached hydrogens (tertiary/aromatic N) is 1. The number of carbonyl (C=O) groups is 2. The average Bonchev–Trinajstić information content (AvgIpc) is 2.71. The molecule has 3 aromatic rings. The minimum absolute atomic E-state index is 0.0884. The summed E-state index contributed by atoms with van der Waals surface area (Å²) in [5.41, 5.74) is 2.15. The normalized spacial score (nSPS) is 11.1. The van der Waals surface area contributed by atoms with E-state index in [9.17, 15) is 9.59 Å². The van der Waals surface area contributed by atoms with Gasteiger partial charge in [-0.15, -0.1) is 0 Å². The van der Waals surface area contributed by atoms with Crippen LogP contribution in [0.4, 0.5) is 0 Å². The molecule has 0 aliphatic rings. The molecule has 0 aliphatic heterocycles. The number of hydrogen-bond donors (Lipinski definition) is 0. The van der Waals surface area contributed by atoms with Crippen molar-refractivity contribution >= 4 is 28.6 Å². The van der Waals surface area contributed by atoms with E-state index in [1.165, 1.54) is 0 Å². The van der Waals surface area contributed by atoms with Gasteiger partial charge in [0.05, 0.1) is 5.56 Å². The van der Waals surface area contributed by atoms with Gasteiger partial charge in [0.1, 0.15) is 0 Å². The molecule has 0 atom stereocenters. The molecule has 0 aliphatic carbocycles. The van der Waals surface area contributed by atoms with Crippen molar-refractivity contribution in [2.24, 2.45) is 5.16 Å². The summed E-state index contributed by atoms with van der Waals surface area (Å²) in [6, 6.07) is 25.1. The van der Waals surface area contributed by atoms with E-state index in [1.54, 1.807) is 54.6 Å². The molecule has 3 aromatic carbocycles. The van der Waals surface area contributed by atoms with Gasteiger partial charge in [-0.3, -0.25) is 4.79 Å². The van der Waals surface area contributed by atoms with Crippen molar-refractivity contribution in [3.05, 3.63) is 102 Å². The van der Waals surface area contributed by atoms with Crippen molar-refractivity contribution in [3.8, 4) is 0 Å². The second-order valence-electron chi connectivity index (χ2n) is 5.75. The first kappa shape index (κ1) is 18.6. The largest absolute Gasteiger partial charge is 0.365 e. The predicted molar refractivity (Wildman–Crippen MR) is 107 cm³/mol. The first-order valence-electron chi connectivity index (χ1n) is 8.32. The Balaban J connectivity index is 1.83. The Morgan fingerprint density at radius 3 is 1.93 bits per heavy atom. The smallest absolute Gasteiger partial charge is 0.312 e. The first-order valence-corrected chi connectivity index (χ1v) is 9.14. The van der Waals surface area contributed by atoms with Crippen LogP contribution in [0.2, 0.25) is 0 Å². The van der Waals surface area contributed by atoms with E-state index in [-0.39, 0.29) is 10.8 Å². The van der Waals surface area contributed by atoms with E-state index < -0.39 is 5.97 Å². The molecule has 27 heavy (non-hydrogen) atoms. The van der Waals surface area contributed by atoms with Crippen molar-refractivity contribution in [3.63, 3.8) is 0 Å².